The second-order valence-electron chi connectivity index (χ2n) is 8.38. The number of anilines is 1. The summed E-state index contributed by atoms with van der Waals surface area (Å²) in [6.07, 6.45) is 6.59. The number of aromatic nitrogens is 2. The first kappa shape index (κ1) is 24.3. The third-order valence-electron chi connectivity index (χ3n) is 6.16. The summed E-state index contributed by atoms with van der Waals surface area (Å²) in [6.45, 7) is 6.66. The van der Waals surface area contributed by atoms with Crippen molar-refractivity contribution < 1.29 is 28.2 Å². The molecule has 0 saturated carbocycles. The van der Waals surface area contributed by atoms with E-state index in [0.29, 0.717) is 44.7 Å². The monoisotopic (exact) mass is 483 g/mol. The number of rotatable bonds is 8. The minimum atomic E-state index is -0.201. The highest BCUT2D eigenvalue weighted by molar-refractivity contribution is 7.92. The normalized spacial score (nSPS) is 21.2. The number of carbonyl (C=O) groups excluding carboxylic acids is 1. The molecular formula is C21H33N5O6S. The molecule has 0 spiro atoms. The van der Waals surface area contributed by atoms with Crippen LogP contribution < -0.4 is 9.64 Å². The molecule has 184 valence electrons. The van der Waals surface area contributed by atoms with Crippen LogP contribution in [0.5, 0.6) is 5.88 Å². The SMILES string of the molecule is COOSN1CCN(c2cnc(OCC3CCN(C(=O)OC4CCOCC4)CC3)cn2)CC1. The lowest BCUT2D eigenvalue weighted by molar-refractivity contribution is -0.163. The van der Waals surface area contributed by atoms with Gasteiger partial charge >= 0.3 is 6.09 Å². The summed E-state index contributed by atoms with van der Waals surface area (Å²) in [6, 6.07) is 0. The van der Waals surface area contributed by atoms with Crippen LogP contribution in [0.25, 0.3) is 0 Å². The zero-order chi connectivity index (χ0) is 22.9. The van der Waals surface area contributed by atoms with Crippen LogP contribution >= 0.6 is 12.2 Å². The fourth-order valence-corrected chi connectivity index (χ4v) is 4.57. The summed E-state index contributed by atoms with van der Waals surface area (Å²) in [4.78, 5) is 29.9. The first-order valence-electron chi connectivity index (χ1n) is 11.6. The van der Waals surface area contributed by atoms with Gasteiger partial charge in [0, 0.05) is 52.1 Å². The van der Waals surface area contributed by atoms with Crippen molar-refractivity contribution in [3.63, 3.8) is 0 Å². The molecule has 1 amide bonds. The van der Waals surface area contributed by atoms with Gasteiger partial charge in [-0.3, -0.25) is 0 Å². The maximum atomic E-state index is 12.4. The second-order valence-corrected chi connectivity index (χ2v) is 9.18. The minimum absolute atomic E-state index is 0.0127. The van der Waals surface area contributed by atoms with Crippen LogP contribution in [0.4, 0.5) is 10.6 Å². The standard InChI is InChI=1S/C21H33N5O6S/c1-28-32-33-26-10-8-24(9-11-26)19-14-23-20(15-22-19)30-16-17-2-6-25(7-3-17)21(27)31-18-4-12-29-13-5-18/h14-15,17-18H,2-13,16H2,1H3. The Bertz CT molecular complexity index is 722. The first-order chi connectivity index (χ1) is 16.2. The van der Waals surface area contributed by atoms with E-state index in [1.54, 1.807) is 17.3 Å². The zero-order valence-electron chi connectivity index (χ0n) is 19.1. The molecule has 3 aliphatic rings. The zero-order valence-corrected chi connectivity index (χ0v) is 19.9. The molecule has 4 rings (SSSR count). The van der Waals surface area contributed by atoms with Gasteiger partial charge in [0.15, 0.2) is 0 Å². The Morgan fingerprint density at radius 2 is 1.82 bits per heavy atom. The molecule has 0 bridgehead atoms. The third kappa shape index (κ3) is 7.31. The Morgan fingerprint density at radius 3 is 2.48 bits per heavy atom. The number of hydrogen-bond donors (Lipinski definition) is 0. The molecule has 0 atom stereocenters. The van der Waals surface area contributed by atoms with Crippen molar-refractivity contribution >= 4 is 24.1 Å². The molecule has 0 aromatic carbocycles. The smallest absolute Gasteiger partial charge is 0.410 e. The highest BCUT2D eigenvalue weighted by Crippen LogP contribution is 2.22. The van der Waals surface area contributed by atoms with Gasteiger partial charge in [-0.15, -0.1) is 4.33 Å². The fraction of sp³-hybridized carbons (Fsp3) is 0.762. The Kier molecular flexibility index (Phi) is 9.24. The lowest BCUT2D eigenvalue weighted by Gasteiger charge is -2.33. The van der Waals surface area contributed by atoms with E-state index in [0.717, 1.165) is 57.7 Å². The van der Waals surface area contributed by atoms with Crippen molar-refractivity contribution in [3.05, 3.63) is 12.4 Å². The molecule has 3 fully saturated rings. The van der Waals surface area contributed by atoms with Crippen molar-refractivity contribution in [1.82, 2.24) is 19.2 Å². The lowest BCUT2D eigenvalue weighted by atomic mass is 9.98. The van der Waals surface area contributed by atoms with Crippen LogP contribution in [0.2, 0.25) is 0 Å². The quantitative estimate of drug-likeness (QED) is 0.235. The molecule has 4 heterocycles. The Labute approximate surface area is 198 Å². The van der Waals surface area contributed by atoms with Crippen LogP contribution in [-0.4, -0.2) is 97.6 Å². The highest BCUT2D eigenvalue weighted by Gasteiger charge is 2.27. The molecule has 1 aromatic heterocycles. The molecule has 3 aliphatic heterocycles. The van der Waals surface area contributed by atoms with Gasteiger partial charge < -0.3 is 24.0 Å². The van der Waals surface area contributed by atoms with Crippen LogP contribution in [0.15, 0.2) is 12.4 Å². The van der Waals surface area contributed by atoms with E-state index >= 15 is 0 Å². The lowest BCUT2D eigenvalue weighted by Crippen LogP contribution is -2.43. The number of piperidine rings is 1. The van der Waals surface area contributed by atoms with E-state index in [4.69, 9.17) is 18.5 Å². The molecule has 12 heteroatoms. The topological polar surface area (TPSA) is 98.7 Å². The largest absolute Gasteiger partial charge is 0.476 e. The average molecular weight is 484 g/mol. The fourth-order valence-electron chi connectivity index (χ4n) is 4.11. The van der Waals surface area contributed by atoms with Gasteiger partial charge in [0.2, 0.25) is 5.88 Å². The number of hydrogen-bond acceptors (Lipinski definition) is 11. The van der Waals surface area contributed by atoms with Crippen molar-refractivity contribution in [2.75, 3.05) is 71.1 Å². The maximum Gasteiger partial charge on any atom is 0.410 e. The van der Waals surface area contributed by atoms with E-state index in [2.05, 4.69) is 24.1 Å². The molecule has 0 aliphatic carbocycles. The Hall–Kier alpha value is -1.86. The molecule has 3 saturated heterocycles. The predicted molar refractivity (Wildman–Crippen MR) is 122 cm³/mol. The van der Waals surface area contributed by atoms with E-state index in [9.17, 15) is 4.79 Å². The summed E-state index contributed by atoms with van der Waals surface area (Å²) in [5.41, 5.74) is 0. The third-order valence-corrected chi connectivity index (χ3v) is 6.93. The summed E-state index contributed by atoms with van der Waals surface area (Å²) in [7, 11) is 1.50. The number of nitrogens with zero attached hydrogens (tertiary/aromatic N) is 5. The van der Waals surface area contributed by atoms with E-state index in [-0.39, 0.29) is 12.2 Å². The van der Waals surface area contributed by atoms with Gasteiger partial charge in [-0.2, -0.15) is 0 Å². The minimum Gasteiger partial charge on any atom is -0.476 e. The molecular weight excluding hydrogens is 450 g/mol. The number of piperazine rings is 1. The molecule has 0 N–H and O–H groups in total. The van der Waals surface area contributed by atoms with Gasteiger partial charge in [-0.05, 0) is 18.8 Å². The number of ether oxygens (including phenoxy) is 3. The summed E-state index contributed by atoms with van der Waals surface area (Å²) >= 11 is 1.22. The number of amides is 1. The van der Waals surface area contributed by atoms with Crippen molar-refractivity contribution in [2.45, 2.75) is 31.8 Å². The van der Waals surface area contributed by atoms with E-state index in [1.807, 2.05) is 0 Å². The average Bonchev–Trinajstić information content (AvgIpc) is 2.88. The first-order valence-corrected chi connectivity index (χ1v) is 12.3. The van der Waals surface area contributed by atoms with Gasteiger partial charge in [0.05, 0.1) is 39.3 Å². The van der Waals surface area contributed by atoms with Crippen LogP contribution in [0.1, 0.15) is 25.7 Å². The predicted octanol–water partition coefficient (Wildman–Crippen LogP) is 2.15. The van der Waals surface area contributed by atoms with Gasteiger partial charge in [-0.1, -0.05) is 0 Å². The van der Waals surface area contributed by atoms with Crippen LogP contribution in [0.3, 0.4) is 0 Å². The van der Waals surface area contributed by atoms with Gasteiger partial charge in [0.1, 0.15) is 24.2 Å². The molecule has 33 heavy (non-hydrogen) atoms. The van der Waals surface area contributed by atoms with Crippen molar-refractivity contribution in [3.8, 4) is 5.88 Å². The Balaban J connectivity index is 1.14. The molecule has 0 unspecified atom stereocenters. The van der Waals surface area contributed by atoms with Crippen molar-refractivity contribution in [2.24, 2.45) is 5.92 Å². The molecule has 1 aromatic rings. The van der Waals surface area contributed by atoms with E-state index in [1.165, 1.54) is 19.3 Å². The van der Waals surface area contributed by atoms with Crippen molar-refractivity contribution in [1.29, 1.82) is 0 Å². The number of carbonyl (C=O) groups is 1. The van der Waals surface area contributed by atoms with Gasteiger partial charge in [0.25, 0.3) is 0 Å². The maximum absolute atomic E-state index is 12.4. The van der Waals surface area contributed by atoms with E-state index < -0.39 is 0 Å². The van der Waals surface area contributed by atoms with Gasteiger partial charge in [-0.25, -0.2) is 24.0 Å². The second kappa shape index (κ2) is 12.6. The highest BCUT2D eigenvalue weighted by atomic mass is 32.2. The summed E-state index contributed by atoms with van der Waals surface area (Å²) < 4.78 is 23.8. The summed E-state index contributed by atoms with van der Waals surface area (Å²) in [5, 5.41) is 0. The molecule has 0 radical (unpaired) electrons. The Morgan fingerprint density at radius 1 is 1.06 bits per heavy atom. The molecule has 11 nitrogen and oxygen atoms in total. The van der Waals surface area contributed by atoms with Crippen LogP contribution in [-0.2, 0) is 18.7 Å². The van der Waals surface area contributed by atoms with Crippen LogP contribution in [0, 0.1) is 5.92 Å². The number of likely N-dealkylation sites (tertiary alicyclic amines) is 1. The summed E-state index contributed by atoms with van der Waals surface area (Å²) in [5.74, 6) is 1.76.